The number of carbonyl (C=O) groups excluding carboxylic acids is 1. The lowest BCUT2D eigenvalue weighted by molar-refractivity contribution is -0.133. The maximum atomic E-state index is 11.8. The third kappa shape index (κ3) is 3.78. The molecule has 3 nitrogen and oxygen atoms in total. The minimum absolute atomic E-state index is 0.155. The lowest BCUT2D eigenvalue weighted by atomic mass is 9.89. The lowest BCUT2D eigenvalue weighted by Gasteiger charge is -2.31. The summed E-state index contributed by atoms with van der Waals surface area (Å²) in [6, 6.07) is 0. The fourth-order valence-corrected chi connectivity index (χ4v) is 1.85. The standard InChI is InChI=1S/C13H25NO2/c1-10-5-6-12(16)14(8-7-10)9-11(15)13(2,3)4/h10-11,15H,5-9H2,1-4H3. The fraction of sp³-hybridized carbons (Fsp3) is 0.923. The van der Waals surface area contributed by atoms with Crippen LogP contribution in [0, 0.1) is 11.3 Å². The van der Waals surface area contributed by atoms with Crippen LogP contribution >= 0.6 is 0 Å². The second kappa shape index (κ2) is 5.17. The Balaban J connectivity index is 2.55. The van der Waals surface area contributed by atoms with Gasteiger partial charge < -0.3 is 10.0 Å². The minimum Gasteiger partial charge on any atom is -0.391 e. The second-order valence-electron chi connectivity index (χ2n) is 6.15. The highest BCUT2D eigenvalue weighted by atomic mass is 16.3. The summed E-state index contributed by atoms with van der Waals surface area (Å²) in [4.78, 5) is 13.7. The molecule has 0 radical (unpaired) electrons. The molecule has 1 saturated heterocycles. The quantitative estimate of drug-likeness (QED) is 0.784. The van der Waals surface area contributed by atoms with Gasteiger partial charge in [0.05, 0.1) is 6.10 Å². The van der Waals surface area contributed by atoms with E-state index in [0.29, 0.717) is 18.9 Å². The van der Waals surface area contributed by atoms with E-state index >= 15 is 0 Å². The van der Waals surface area contributed by atoms with E-state index in [2.05, 4.69) is 6.92 Å². The van der Waals surface area contributed by atoms with Crippen LogP contribution < -0.4 is 0 Å². The van der Waals surface area contributed by atoms with Crippen LogP contribution in [0.4, 0.5) is 0 Å². The van der Waals surface area contributed by atoms with Crippen molar-refractivity contribution in [3.63, 3.8) is 0 Å². The van der Waals surface area contributed by atoms with Gasteiger partial charge in [-0.3, -0.25) is 4.79 Å². The average molecular weight is 227 g/mol. The van der Waals surface area contributed by atoms with E-state index in [1.807, 2.05) is 25.7 Å². The third-order valence-electron chi connectivity index (χ3n) is 3.49. The van der Waals surface area contributed by atoms with Crippen molar-refractivity contribution in [1.29, 1.82) is 0 Å². The molecular formula is C13H25NO2. The normalized spacial score (nSPS) is 25.4. The molecular weight excluding hydrogens is 202 g/mol. The summed E-state index contributed by atoms with van der Waals surface area (Å²) in [7, 11) is 0. The Morgan fingerprint density at radius 1 is 1.44 bits per heavy atom. The maximum absolute atomic E-state index is 11.8. The Morgan fingerprint density at radius 3 is 2.62 bits per heavy atom. The van der Waals surface area contributed by atoms with E-state index in [4.69, 9.17) is 0 Å². The van der Waals surface area contributed by atoms with Crippen molar-refractivity contribution in [2.45, 2.75) is 53.1 Å². The highest BCUT2D eigenvalue weighted by Gasteiger charge is 2.28. The first-order valence-electron chi connectivity index (χ1n) is 6.26. The molecule has 1 aliphatic heterocycles. The van der Waals surface area contributed by atoms with Crippen molar-refractivity contribution in [2.24, 2.45) is 11.3 Å². The number of rotatable bonds is 2. The van der Waals surface area contributed by atoms with E-state index in [1.54, 1.807) is 0 Å². The van der Waals surface area contributed by atoms with Crippen molar-refractivity contribution < 1.29 is 9.90 Å². The predicted octanol–water partition coefficient (Wildman–Crippen LogP) is 2.04. The van der Waals surface area contributed by atoms with Gasteiger partial charge in [0.2, 0.25) is 5.91 Å². The number of β-amino-alcohol motifs (C(OH)–C–C–N with tert-alkyl or cyclic N) is 1. The van der Waals surface area contributed by atoms with Crippen molar-refractivity contribution in [3.8, 4) is 0 Å². The molecule has 1 heterocycles. The van der Waals surface area contributed by atoms with Crippen LogP contribution in [0.5, 0.6) is 0 Å². The van der Waals surface area contributed by atoms with Gasteiger partial charge in [-0.1, -0.05) is 27.7 Å². The van der Waals surface area contributed by atoms with Crippen LogP contribution in [0.15, 0.2) is 0 Å². The van der Waals surface area contributed by atoms with E-state index in [-0.39, 0.29) is 11.3 Å². The molecule has 3 heteroatoms. The van der Waals surface area contributed by atoms with Gasteiger partial charge in [0, 0.05) is 19.5 Å². The average Bonchev–Trinajstić information content (AvgIpc) is 2.31. The van der Waals surface area contributed by atoms with Crippen LogP contribution in [0.2, 0.25) is 0 Å². The molecule has 0 bridgehead atoms. The molecule has 1 N–H and O–H groups in total. The monoisotopic (exact) mass is 227 g/mol. The number of hydrogen-bond acceptors (Lipinski definition) is 2. The first-order chi connectivity index (χ1) is 7.30. The molecule has 94 valence electrons. The molecule has 0 aromatic heterocycles. The Morgan fingerprint density at radius 2 is 2.06 bits per heavy atom. The zero-order chi connectivity index (χ0) is 12.3. The SMILES string of the molecule is CC1CCC(=O)N(CC(O)C(C)(C)C)CC1. The minimum atomic E-state index is -0.440. The molecule has 2 atom stereocenters. The Bertz CT molecular complexity index is 245. The summed E-state index contributed by atoms with van der Waals surface area (Å²) in [6.07, 6.45) is 2.24. The van der Waals surface area contributed by atoms with Crippen LogP contribution in [0.25, 0.3) is 0 Å². The summed E-state index contributed by atoms with van der Waals surface area (Å²) >= 11 is 0. The van der Waals surface area contributed by atoms with Gasteiger partial charge in [0.25, 0.3) is 0 Å². The maximum Gasteiger partial charge on any atom is 0.222 e. The molecule has 0 spiro atoms. The molecule has 1 rings (SSSR count). The zero-order valence-corrected chi connectivity index (χ0v) is 11.0. The molecule has 0 aromatic carbocycles. The summed E-state index contributed by atoms with van der Waals surface area (Å²) in [5.74, 6) is 0.827. The molecule has 16 heavy (non-hydrogen) atoms. The Labute approximate surface area is 98.8 Å². The summed E-state index contributed by atoms with van der Waals surface area (Å²) in [6.45, 7) is 9.48. The first kappa shape index (κ1) is 13.5. The highest BCUT2D eigenvalue weighted by molar-refractivity contribution is 5.76. The zero-order valence-electron chi connectivity index (χ0n) is 11.0. The van der Waals surface area contributed by atoms with Crippen molar-refractivity contribution >= 4 is 5.91 Å². The largest absolute Gasteiger partial charge is 0.391 e. The van der Waals surface area contributed by atoms with Crippen molar-refractivity contribution in [3.05, 3.63) is 0 Å². The van der Waals surface area contributed by atoms with Gasteiger partial charge in [-0.2, -0.15) is 0 Å². The number of aliphatic hydroxyl groups excluding tert-OH is 1. The van der Waals surface area contributed by atoms with Crippen LogP contribution in [0.1, 0.15) is 47.0 Å². The van der Waals surface area contributed by atoms with E-state index in [9.17, 15) is 9.90 Å². The lowest BCUT2D eigenvalue weighted by Crippen LogP contribution is -2.42. The number of carbonyl (C=O) groups is 1. The van der Waals surface area contributed by atoms with Gasteiger partial charge >= 0.3 is 0 Å². The Kier molecular flexibility index (Phi) is 4.36. The molecule has 1 amide bonds. The van der Waals surface area contributed by atoms with E-state index < -0.39 is 6.10 Å². The number of hydrogen-bond donors (Lipinski definition) is 1. The van der Waals surface area contributed by atoms with E-state index in [0.717, 1.165) is 19.4 Å². The molecule has 0 saturated carbocycles. The Hall–Kier alpha value is -0.570. The summed E-state index contributed by atoms with van der Waals surface area (Å²) < 4.78 is 0. The van der Waals surface area contributed by atoms with Gasteiger partial charge in [-0.25, -0.2) is 0 Å². The number of amides is 1. The van der Waals surface area contributed by atoms with Gasteiger partial charge in [-0.05, 0) is 24.2 Å². The fourth-order valence-electron chi connectivity index (χ4n) is 1.85. The summed E-state index contributed by atoms with van der Waals surface area (Å²) in [5, 5.41) is 10.0. The summed E-state index contributed by atoms with van der Waals surface area (Å²) in [5.41, 5.74) is -0.155. The molecule has 2 unspecified atom stereocenters. The van der Waals surface area contributed by atoms with Crippen molar-refractivity contribution in [1.82, 2.24) is 4.90 Å². The van der Waals surface area contributed by atoms with Crippen LogP contribution in [-0.4, -0.2) is 35.1 Å². The van der Waals surface area contributed by atoms with Crippen LogP contribution in [0.3, 0.4) is 0 Å². The van der Waals surface area contributed by atoms with Gasteiger partial charge in [-0.15, -0.1) is 0 Å². The molecule has 1 aliphatic rings. The topological polar surface area (TPSA) is 40.5 Å². The van der Waals surface area contributed by atoms with Crippen LogP contribution in [-0.2, 0) is 4.79 Å². The van der Waals surface area contributed by atoms with Gasteiger partial charge in [0.15, 0.2) is 0 Å². The smallest absolute Gasteiger partial charge is 0.222 e. The van der Waals surface area contributed by atoms with E-state index in [1.165, 1.54) is 0 Å². The second-order valence-corrected chi connectivity index (χ2v) is 6.15. The third-order valence-corrected chi connectivity index (χ3v) is 3.49. The number of likely N-dealkylation sites (tertiary alicyclic amines) is 1. The molecule has 0 aromatic rings. The highest BCUT2D eigenvalue weighted by Crippen LogP contribution is 2.23. The molecule has 1 fully saturated rings. The predicted molar refractivity (Wildman–Crippen MR) is 65.1 cm³/mol. The number of aliphatic hydroxyl groups is 1. The first-order valence-corrected chi connectivity index (χ1v) is 6.26. The number of nitrogens with zero attached hydrogens (tertiary/aromatic N) is 1. The molecule has 0 aliphatic carbocycles. The van der Waals surface area contributed by atoms with Crippen molar-refractivity contribution in [2.75, 3.05) is 13.1 Å². The van der Waals surface area contributed by atoms with Gasteiger partial charge in [0.1, 0.15) is 0 Å².